The maximum atomic E-state index is 12.5. The van der Waals surface area contributed by atoms with Gasteiger partial charge in [-0.25, -0.2) is 13.1 Å². The quantitative estimate of drug-likeness (QED) is 0.612. The second-order valence-electron chi connectivity index (χ2n) is 7.70. The van der Waals surface area contributed by atoms with Crippen LogP contribution in [-0.2, 0) is 21.3 Å². The van der Waals surface area contributed by atoms with E-state index < -0.39 is 21.5 Å². The molecular formula is C20H25N3O5S. The summed E-state index contributed by atoms with van der Waals surface area (Å²) in [7, 11) is -2.19. The number of fused-ring (bicyclic) bond motifs is 1. The fourth-order valence-corrected chi connectivity index (χ4v) is 4.25. The number of ether oxygens (including phenoxy) is 1. The number of nitrogens with zero attached hydrogens (tertiary/aromatic N) is 1. The van der Waals surface area contributed by atoms with Gasteiger partial charge in [0.1, 0.15) is 0 Å². The lowest BCUT2D eigenvalue weighted by Crippen LogP contribution is -2.40. The Hall–Kier alpha value is -2.62. The van der Waals surface area contributed by atoms with Gasteiger partial charge in [0.2, 0.25) is 5.09 Å². The van der Waals surface area contributed by atoms with Crippen molar-refractivity contribution in [1.29, 1.82) is 0 Å². The van der Waals surface area contributed by atoms with Crippen molar-refractivity contribution in [3.8, 4) is 0 Å². The smallest absolute Gasteiger partial charge is 0.291 e. The molecule has 0 aliphatic rings. The van der Waals surface area contributed by atoms with Crippen LogP contribution in [0.4, 0.5) is 5.69 Å². The van der Waals surface area contributed by atoms with Crippen LogP contribution in [0.15, 0.2) is 52.1 Å². The van der Waals surface area contributed by atoms with Crippen molar-refractivity contribution >= 4 is 32.5 Å². The minimum absolute atomic E-state index is 0.0861. The van der Waals surface area contributed by atoms with Gasteiger partial charge in [0.25, 0.3) is 15.9 Å². The summed E-state index contributed by atoms with van der Waals surface area (Å²) in [5.41, 5.74) is 0.948. The minimum atomic E-state index is -3.85. The average Bonchev–Trinajstić information content (AvgIpc) is 3.25. The molecule has 2 N–H and O–H groups in total. The minimum Gasteiger partial charge on any atom is -0.438 e. The maximum Gasteiger partial charge on any atom is 0.291 e. The van der Waals surface area contributed by atoms with Gasteiger partial charge in [-0.2, -0.15) is 0 Å². The molecule has 8 nitrogen and oxygen atoms in total. The highest BCUT2D eigenvalue weighted by Gasteiger charge is 2.26. The molecule has 0 unspecified atom stereocenters. The van der Waals surface area contributed by atoms with E-state index in [1.165, 1.54) is 12.1 Å². The van der Waals surface area contributed by atoms with Gasteiger partial charge >= 0.3 is 0 Å². The number of anilines is 1. The molecule has 1 aromatic carbocycles. The topological polar surface area (TPSA) is 103 Å². The van der Waals surface area contributed by atoms with E-state index in [4.69, 9.17) is 9.15 Å². The highest BCUT2D eigenvalue weighted by atomic mass is 32.2. The first-order valence-corrected chi connectivity index (χ1v) is 10.6. The molecule has 3 aromatic rings. The van der Waals surface area contributed by atoms with Crippen LogP contribution < -0.4 is 10.0 Å². The zero-order valence-electron chi connectivity index (χ0n) is 16.9. The molecule has 0 aliphatic heterocycles. The normalized spacial score (nSPS) is 12.4. The number of sulfonamides is 1. The van der Waals surface area contributed by atoms with Crippen LogP contribution in [0.5, 0.6) is 0 Å². The molecule has 0 bridgehead atoms. The molecule has 2 aromatic heterocycles. The highest BCUT2D eigenvalue weighted by molar-refractivity contribution is 7.89. The van der Waals surface area contributed by atoms with Gasteiger partial charge in [-0.1, -0.05) is 0 Å². The molecule has 0 aliphatic carbocycles. The molecule has 1 amide bonds. The Bertz CT molecular complexity index is 1120. The van der Waals surface area contributed by atoms with Crippen LogP contribution in [-0.4, -0.2) is 38.1 Å². The average molecular weight is 420 g/mol. The Balaban J connectivity index is 1.75. The van der Waals surface area contributed by atoms with Crippen LogP contribution >= 0.6 is 0 Å². The van der Waals surface area contributed by atoms with Crippen LogP contribution in [0.3, 0.4) is 0 Å². The summed E-state index contributed by atoms with van der Waals surface area (Å²) >= 11 is 0. The summed E-state index contributed by atoms with van der Waals surface area (Å²) in [6.07, 6.45) is 1.96. The van der Waals surface area contributed by atoms with Crippen molar-refractivity contribution in [3.05, 3.63) is 48.4 Å². The number of benzene rings is 1. The number of hydrogen-bond donors (Lipinski definition) is 2. The number of aromatic nitrogens is 1. The van der Waals surface area contributed by atoms with Crippen LogP contribution in [0.25, 0.3) is 10.9 Å². The maximum absolute atomic E-state index is 12.5. The Morgan fingerprint density at radius 3 is 2.62 bits per heavy atom. The van der Waals surface area contributed by atoms with E-state index in [9.17, 15) is 13.2 Å². The van der Waals surface area contributed by atoms with Crippen LogP contribution in [0, 0.1) is 0 Å². The van der Waals surface area contributed by atoms with E-state index in [1.807, 2.05) is 24.4 Å². The summed E-state index contributed by atoms with van der Waals surface area (Å²) < 4.78 is 39.6. The van der Waals surface area contributed by atoms with Gasteiger partial charge in [0.15, 0.2) is 5.76 Å². The number of carbonyl (C=O) groups excluding carboxylic acids is 1. The van der Waals surface area contributed by atoms with Gasteiger partial charge in [0.05, 0.1) is 6.61 Å². The van der Waals surface area contributed by atoms with Crippen molar-refractivity contribution in [2.45, 2.75) is 37.9 Å². The first-order valence-electron chi connectivity index (χ1n) is 9.12. The third-order valence-electron chi connectivity index (χ3n) is 4.08. The second-order valence-corrected chi connectivity index (χ2v) is 9.32. The highest BCUT2D eigenvalue weighted by Crippen LogP contribution is 2.22. The van der Waals surface area contributed by atoms with Gasteiger partial charge in [-0.15, -0.1) is 0 Å². The van der Waals surface area contributed by atoms with E-state index >= 15 is 0 Å². The van der Waals surface area contributed by atoms with Gasteiger partial charge < -0.3 is 19.0 Å². The molecular weight excluding hydrogens is 394 g/mol. The van der Waals surface area contributed by atoms with E-state index in [0.29, 0.717) is 12.3 Å². The summed E-state index contributed by atoms with van der Waals surface area (Å²) in [5.74, 6) is -0.613. The number of furan rings is 1. The molecule has 2 heterocycles. The third-order valence-corrected chi connectivity index (χ3v) is 5.71. The van der Waals surface area contributed by atoms with Crippen molar-refractivity contribution in [1.82, 2.24) is 9.29 Å². The van der Waals surface area contributed by atoms with Crippen molar-refractivity contribution in [3.63, 3.8) is 0 Å². The molecule has 0 atom stereocenters. The molecule has 29 heavy (non-hydrogen) atoms. The fraction of sp³-hybridized carbons (Fsp3) is 0.350. The number of rotatable bonds is 7. The van der Waals surface area contributed by atoms with Crippen LogP contribution in [0.2, 0.25) is 0 Å². The molecule has 0 saturated heterocycles. The molecule has 156 valence electrons. The van der Waals surface area contributed by atoms with Gasteiger partial charge in [0, 0.05) is 42.0 Å². The summed E-state index contributed by atoms with van der Waals surface area (Å²) in [5, 5.41) is 3.40. The Kier molecular flexibility index (Phi) is 5.83. The largest absolute Gasteiger partial charge is 0.438 e. The predicted octanol–water partition coefficient (Wildman–Crippen LogP) is 3.21. The van der Waals surface area contributed by atoms with E-state index in [-0.39, 0.29) is 10.9 Å². The SMILES string of the molecule is COCCn1ccc2cc(NC(=O)c3ccc(S(=O)(=O)NC(C)(C)C)o3)ccc21. The number of carbonyl (C=O) groups is 1. The van der Waals surface area contributed by atoms with Crippen molar-refractivity contribution in [2.75, 3.05) is 19.0 Å². The predicted molar refractivity (Wildman–Crippen MR) is 111 cm³/mol. The summed E-state index contributed by atoms with van der Waals surface area (Å²) in [6, 6.07) is 10.1. The molecule has 3 rings (SSSR count). The Morgan fingerprint density at radius 2 is 1.93 bits per heavy atom. The zero-order chi connectivity index (χ0) is 21.2. The van der Waals surface area contributed by atoms with E-state index in [0.717, 1.165) is 17.4 Å². The molecule has 0 saturated carbocycles. The summed E-state index contributed by atoms with van der Waals surface area (Å²) in [4.78, 5) is 12.5. The number of hydrogen-bond acceptors (Lipinski definition) is 5. The zero-order valence-corrected chi connectivity index (χ0v) is 17.7. The lowest BCUT2D eigenvalue weighted by molar-refractivity contribution is 0.0991. The summed E-state index contributed by atoms with van der Waals surface area (Å²) in [6.45, 7) is 6.51. The molecule has 0 fully saturated rings. The number of amides is 1. The fourth-order valence-electron chi connectivity index (χ4n) is 2.90. The first kappa shape index (κ1) is 21.1. The first-order chi connectivity index (χ1) is 13.6. The van der Waals surface area contributed by atoms with Crippen molar-refractivity contribution < 1.29 is 22.4 Å². The van der Waals surface area contributed by atoms with Crippen molar-refractivity contribution in [2.24, 2.45) is 0 Å². The van der Waals surface area contributed by atoms with E-state index in [1.54, 1.807) is 33.9 Å². The molecule has 0 spiro atoms. The number of nitrogens with one attached hydrogen (secondary N) is 2. The van der Waals surface area contributed by atoms with Crippen LogP contribution in [0.1, 0.15) is 31.3 Å². The van der Waals surface area contributed by atoms with Gasteiger partial charge in [-0.3, -0.25) is 4.79 Å². The Morgan fingerprint density at radius 1 is 1.17 bits per heavy atom. The monoisotopic (exact) mass is 419 g/mol. The standard InChI is InChI=1S/C20H25N3O5S/c1-20(2,3)22-29(25,26)18-8-7-17(28-18)19(24)21-15-5-6-16-14(13-15)9-10-23(16)11-12-27-4/h5-10,13,22H,11-12H2,1-4H3,(H,21,24). The number of methoxy groups -OCH3 is 1. The third kappa shape index (κ3) is 5.06. The Labute approximate surface area is 169 Å². The molecule has 9 heteroatoms. The van der Waals surface area contributed by atoms with Gasteiger partial charge in [-0.05, 0) is 57.2 Å². The lowest BCUT2D eigenvalue weighted by Gasteiger charge is -2.18. The molecule has 0 radical (unpaired) electrons. The second kappa shape index (κ2) is 8.02. The lowest BCUT2D eigenvalue weighted by atomic mass is 10.1. The van der Waals surface area contributed by atoms with E-state index in [2.05, 4.69) is 14.6 Å².